The zero-order chi connectivity index (χ0) is 9.42. The second-order valence-electron chi connectivity index (χ2n) is 3.68. The minimum absolute atomic E-state index is 0.0451. The number of esters is 2. The van der Waals surface area contributed by atoms with Crippen LogP contribution in [-0.4, -0.2) is 24.1 Å². The highest BCUT2D eigenvalue weighted by Gasteiger charge is 2.39. The first-order valence-electron chi connectivity index (χ1n) is 4.58. The van der Waals surface area contributed by atoms with Crippen LogP contribution >= 0.6 is 0 Å². The van der Waals surface area contributed by atoms with E-state index in [0.29, 0.717) is 6.42 Å². The fraction of sp³-hybridized carbons (Fsp3) is 0.778. The average Bonchev–Trinajstić information content (AvgIpc) is 2.81. The molecule has 1 aliphatic carbocycles. The van der Waals surface area contributed by atoms with Gasteiger partial charge in [-0.2, -0.15) is 0 Å². The lowest BCUT2D eigenvalue weighted by molar-refractivity contribution is -0.161. The lowest BCUT2D eigenvalue weighted by Gasteiger charge is -2.06. The summed E-state index contributed by atoms with van der Waals surface area (Å²) in [6.07, 6.45) is 1.52. The zero-order valence-electron chi connectivity index (χ0n) is 7.49. The predicted molar refractivity (Wildman–Crippen MR) is 42.8 cm³/mol. The Morgan fingerprint density at radius 1 is 1.54 bits per heavy atom. The molecule has 4 heteroatoms. The van der Waals surface area contributed by atoms with Crippen LogP contribution in [0.1, 0.15) is 26.2 Å². The van der Waals surface area contributed by atoms with Gasteiger partial charge in [0.25, 0.3) is 0 Å². The largest absolute Gasteiger partial charge is 0.460 e. The van der Waals surface area contributed by atoms with Crippen LogP contribution in [0.5, 0.6) is 0 Å². The van der Waals surface area contributed by atoms with Gasteiger partial charge in [-0.1, -0.05) is 0 Å². The molecule has 1 aliphatic heterocycles. The Kier molecular flexibility index (Phi) is 1.98. The summed E-state index contributed by atoms with van der Waals surface area (Å²) in [6, 6.07) is 0. The number of hydrogen-bond acceptors (Lipinski definition) is 4. The molecule has 0 aromatic rings. The Bertz CT molecular complexity index is 244. The maximum Gasteiger partial charge on any atom is 0.347 e. The molecular formula is C9H12O4. The molecule has 0 radical (unpaired) electrons. The third kappa shape index (κ3) is 1.82. The first-order valence-corrected chi connectivity index (χ1v) is 4.58. The molecule has 1 saturated heterocycles. The van der Waals surface area contributed by atoms with Crippen LogP contribution in [0.4, 0.5) is 0 Å². The summed E-state index contributed by atoms with van der Waals surface area (Å²) >= 11 is 0. The molecule has 1 heterocycles. The van der Waals surface area contributed by atoms with Crippen molar-refractivity contribution >= 4 is 11.9 Å². The second-order valence-corrected chi connectivity index (χ2v) is 3.68. The minimum Gasteiger partial charge on any atom is -0.460 e. The van der Waals surface area contributed by atoms with E-state index in [1.807, 2.05) is 0 Å². The maximum absolute atomic E-state index is 11.2. The van der Waals surface area contributed by atoms with Crippen LogP contribution in [0.3, 0.4) is 0 Å². The van der Waals surface area contributed by atoms with E-state index >= 15 is 0 Å². The number of cyclic esters (lactones) is 1. The van der Waals surface area contributed by atoms with E-state index in [4.69, 9.17) is 9.47 Å². The van der Waals surface area contributed by atoms with Crippen molar-refractivity contribution < 1.29 is 19.1 Å². The van der Waals surface area contributed by atoms with Gasteiger partial charge in [0.15, 0.2) is 0 Å². The predicted octanol–water partition coefficient (Wildman–Crippen LogP) is 0.644. The van der Waals surface area contributed by atoms with Crippen molar-refractivity contribution in [3.05, 3.63) is 0 Å². The molecule has 1 saturated carbocycles. The van der Waals surface area contributed by atoms with Gasteiger partial charge < -0.3 is 9.47 Å². The summed E-state index contributed by atoms with van der Waals surface area (Å²) in [6.45, 7) is 1.79. The quantitative estimate of drug-likeness (QED) is 0.591. The molecule has 2 fully saturated rings. The van der Waals surface area contributed by atoms with Gasteiger partial charge >= 0.3 is 11.9 Å². The fourth-order valence-electron chi connectivity index (χ4n) is 1.37. The van der Waals surface area contributed by atoms with Crippen molar-refractivity contribution in [2.24, 2.45) is 5.92 Å². The van der Waals surface area contributed by atoms with Gasteiger partial charge in [0, 0.05) is 6.42 Å². The molecule has 13 heavy (non-hydrogen) atoms. The normalized spacial score (nSPS) is 32.8. The van der Waals surface area contributed by atoms with E-state index in [1.165, 1.54) is 0 Å². The van der Waals surface area contributed by atoms with Gasteiger partial charge in [0.05, 0.1) is 5.92 Å². The van der Waals surface area contributed by atoms with Crippen molar-refractivity contribution in [2.45, 2.75) is 38.4 Å². The van der Waals surface area contributed by atoms with Crippen LogP contribution < -0.4 is 0 Å². The Labute approximate surface area is 76.2 Å². The van der Waals surface area contributed by atoms with Crippen molar-refractivity contribution in [1.82, 2.24) is 0 Å². The number of ether oxygens (including phenoxy) is 2. The molecular weight excluding hydrogens is 172 g/mol. The number of rotatable bonds is 2. The van der Waals surface area contributed by atoms with Crippen LogP contribution in [-0.2, 0) is 19.1 Å². The monoisotopic (exact) mass is 184 g/mol. The molecule has 2 unspecified atom stereocenters. The SMILES string of the molecule is CC1CC(OC(=O)C2CC2)C(=O)O1. The Morgan fingerprint density at radius 2 is 2.23 bits per heavy atom. The summed E-state index contributed by atoms with van der Waals surface area (Å²) in [7, 11) is 0. The molecule has 4 nitrogen and oxygen atoms in total. The summed E-state index contributed by atoms with van der Waals surface area (Å²) in [4.78, 5) is 22.2. The highest BCUT2D eigenvalue weighted by Crippen LogP contribution is 2.31. The third-order valence-electron chi connectivity index (χ3n) is 2.30. The number of carbonyl (C=O) groups is 2. The molecule has 0 spiro atoms. The second kappa shape index (κ2) is 3.01. The summed E-state index contributed by atoms with van der Waals surface area (Å²) < 4.78 is 9.86. The first-order chi connectivity index (χ1) is 6.16. The van der Waals surface area contributed by atoms with E-state index in [0.717, 1.165) is 12.8 Å². The molecule has 0 aromatic carbocycles. The average molecular weight is 184 g/mol. The minimum atomic E-state index is -0.650. The van der Waals surface area contributed by atoms with E-state index in [1.54, 1.807) is 6.92 Å². The van der Waals surface area contributed by atoms with Crippen molar-refractivity contribution in [3.63, 3.8) is 0 Å². The van der Waals surface area contributed by atoms with Crippen LogP contribution in [0.15, 0.2) is 0 Å². The van der Waals surface area contributed by atoms with Gasteiger partial charge in [0.1, 0.15) is 6.10 Å². The van der Waals surface area contributed by atoms with Crippen LogP contribution in [0, 0.1) is 5.92 Å². The molecule has 2 atom stereocenters. The van der Waals surface area contributed by atoms with E-state index < -0.39 is 12.1 Å². The Hall–Kier alpha value is -1.06. The zero-order valence-corrected chi connectivity index (χ0v) is 7.49. The van der Waals surface area contributed by atoms with Crippen molar-refractivity contribution in [1.29, 1.82) is 0 Å². The lowest BCUT2D eigenvalue weighted by Crippen LogP contribution is -2.23. The smallest absolute Gasteiger partial charge is 0.347 e. The highest BCUT2D eigenvalue weighted by molar-refractivity contribution is 5.82. The molecule has 2 aliphatic rings. The van der Waals surface area contributed by atoms with Gasteiger partial charge in [-0.05, 0) is 19.8 Å². The Balaban J connectivity index is 1.86. The third-order valence-corrected chi connectivity index (χ3v) is 2.30. The van der Waals surface area contributed by atoms with Gasteiger partial charge in [0.2, 0.25) is 6.10 Å². The number of carbonyl (C=O) groups excluding carboxylic acids is 2. The molecule has 0 N–H and O–H groups in total. The molecule has 0 aromatic heterocycles. The standard InChI is InChI=1S/C9H12O4/c1-5-4-7(9(11)12-5)13-8(10)6-2-3-6/h5-7H,2-4H2,1H3. The summed E-state index contributed by atoms with van der Waals surface area (Å²) in [5.41, 5.74) is 0. The van der Waals surface area contributed by atoms with Gasteiger partial charge in [-0.15, -0.1) is 0 Å². The van der Waals surface area contributed by atoms with Crippen molar-refractivity contribution in [2.75, 3.05) is 0 Å². The Morgan fingerprint density at radius 3 is 2.69 bits per heavy atom. The van der Waals surface area contributed by atoms with Crippen LogP contribution in [0.25, 0.3) is 0 Å². The molecule has 0 bridgehead atoms. The highest BCUT2D eigenvalue weighted by atomic mass is 16.6. The van der Waals surface area contributed by atoms with Crippen molar-refractivity contribution in [3.8, 4) is 0 Å². The van der Waals surface area contributed by atoms with Crippen LogP contribution in [0.2, 0.25) is 0 Å². The molecule has 72 valence electrons. The van der Waals surface area contributed by atoms with Gasteiger partial charge in [-0.3, -0.25) is 4.79 Å². The van der Waals surface area contributed by atoms with E-state index in [-0.39, 0.29) is 18.0 Å². The summed E-state index contributed by atoms with van der Waals surface area (Å²) in [5.74, 6) is -0.596. The molecule has 0 amide bonds. The topological polar surface area (TPSA) is 52.6 Å². The molecule has 2 rings (SSSR count). The van der Waals surface area contributed by atoms with Gasteiger partial charge in [-0.25, -0.2) is 4.79 Å². The lowest BCUT2D eigenvalue weighted by atomic mass is 10.2. The summed E-state index contributed by atoms with van der Waals surface area (Å²) in [5, 5.41) is 0. The maximum atomic E-state index is 11.2. The first kappa shape index (κ1) is 8.53. The fourth-order valence-corrected chi connectivity index (χ4v) is 1.37. The van der Waals surface area contributed by atoms with E-state index in [9.17, 15) is 9.59 Å². The van der Waals surface area contributed by atoms with E-state index in [2.05, 4.69) is 0 Å². The number of hydrogen-bond donors (Lipinski definition) is 0.